The molecule has 0 bridgehead atoms. The van der Waals surface area contributed by atoms with Gasteiger partial charge in [0.15, 0.2) is 0 Å². The molecule has 1 aliphatic rings. The van der Waals surface area contributed by atoms with E-state index in [1.807, 2.05) is 0 Å². The Labute approximate surface area is 92.7 Å². The summed E-state index contributed by atoms with van der Waals surface area (Å²) in [5.74, 6) is 0.651. The van der Waals surface area contributed by atoms with Gasteiger partial charge in [-0.25, -0.2) is 0 Å². The molecule has 0 amide bonds. The third kappa shape index (κ3) is 1.81. The molecule has 82 valence electrons. The van der Waals surface area contributed by atoms with E-state index >= 15 is 0 Å². The lowest BCUT2D eigenvalue weighted by Gasteiger charge is -2.27. The van der Waals surface area contributed by atoms with Gasteiger partial charge in [0.2, 0.25) is 0 Å². The highest BCUT2D eigenvalue weighted by Crippen LogP contribution is 2.48. The summed E-state index contributed by atoms with van der Waals surface area (Å²) in [4.78, 5) is 0. The summed E-state index contributed by atoms with van der Waals surface area (Å²) >= 11 is 0. The van der Waals surface area contributed by atoms with Crippen LogP contribution >= 0.6 is 0 Å². The van der Waals surface area contributed by atoms with Gasteiger partial charge < -0.3 is 5.73 Å². The maximum atomic E-state index is 5.72. The molecule has 0 aromatic heterocycles. The number of hydrogen-bond acceptors (Lipinski definition) is 1. The van der Waals surface area contributed by atoms with Gasteiger partial charge in [0.1, 0.15) is 0 Å². The second kappa shape index (κ2) is 3.64. The molecule has 2 rings (SSSR count). The first-order chi connectivity index (χ1) is 7.04. The van der Waals surface area contributed by atoms with E-state index in [1.54, 1.807) is 5.56 Å². The van der Waals surface area contributed by atoms with E-state index in [9.17, 15) is 0 Å². The van der Waals surface area contributed by atoms with Crippen molar-refractivity contribution in [2.24, 2.45) is 11.1 Å². The molecule has 0 fully saturated rings. The van der Waals surface area contributed by atoms with Crippen molar-refractivity contribution in [1.29, 1.82) is 0 Å². The number of hydrogen-bond donors (Lipinski definition) is 1. The Morgan fingerprint density at radius 2 is 2.13 bits per heavy atom. The van der Waals surface area contributed by atoms with Crippen molar-refractivity contribution < 1.29 is 0 Å². The molecule has 1 atom stereocenters. The van der Waals surface area contributed by atoms with Crippen molar-refractivity contribution in [3.63, 3.8) is 0 Å². The average Bonchev–Trinajstić information content (AvgIpc) is 2.37. The van der Waals surface area contributed by atoms with Crippen molar-refractivity contribution in [2.75, 3.05) is 6.54 Å². The molecule has 0 radical (unpaired) electrons. The van der Waals surface area contributed by atoms with Gasteiger partial charge in [-0.15, -0.1) is 0 Å². The summed E-state index contributed by atoms with van der Waals surface area (Å²) in [7, 11) is 0. The summed E-state index contributed by atoms with van der Waals surface area (Å²) < 4.78 is 0. The van der Waals surface area contributed by atoms with E-state index in [0.29, 0.717) is 11.3 Å². The Kier molecular flexibility index (Phi) is 2.59. The minimum Gasteiger partial charge on any atom is -0.330 e. The fourth-order valence-electron chi connectivity index (χ4n) is 2.98. The molecule has 1 aromatic rings. The molecule has 0 aliphatic heterocycles. The topological polar surface area (TPSA) is 26.0 Å². The standard InChI is InChI=1S/C14H21N/c1-10-4-5-12-11(8-10)9-14(2,3)13(12)6-7-15/h4-5,8,13H,6-7,9,15H2,1-3H3. The lowest BCUT2D eigenvalue weighted by molar-refractivity contribution is 0.302. The summed E-state index contributed by atoms with van der Waals surface area (Å²) in [6.45, 7) is 7.69. The Morgan fingerprint density at radius 1 is 1.40 bits per heavy atom. The maximum absolute atomic E-state index is 5.72. The first-order valence-corrected chi connectivity index (χ1v) is 5.84. The Bertz CT molecular complexity index is 366. The van der Waals surface area contributed by atoms with Crippen molar-refractivity contribution in [2.45, 2.75) is 39.5 Å². The normalized spacial score (nSPS) is 22.8. The van der Waals surface area contributed by atoms with Crippen LogP contribution in [0.1, 0.15) is 42.9 Å². The molecule has 0 spiro atoms. The number of rotatable bonds is 2. The highest BCUT2D eigenvalue weighted by molar-refractivity contribution is 5.40. The molecule has 0 saturated heterocycles. The maximum Gasteiger partial charge on any atom is -0.00712 e. The molecule has 0 saturated carbocycles. The number of nitrogens with two attached hydrogens (primary N) is 1. The van der Waals surface area contributed by atoms with Crippen LogP contribution in [0.5, 0.6) is 0 Å². The van der Waals surface area contributed by atoms with Crippen LogP contribution in [-0.2, 0) is 6.42 Å². The molecule has 0 heterocycles. The number of fused-ring (bicyclic) bond motifs is 1. The zero-order valence-corrected chi connectivity index (χ0v) is 10.0. The summed E-state index contributed by atoms with van der Waals surface area (Å²) in [5.41, 5.74) is 10.6. The van der Waals surface area contributed by atoms with Crippen LogP contribution in [0, 0.1) is 12.3 Å². The summed E-state index contributed by atoms with van der Waals surface area (Å²) in [5, 5.41) is 0. The molecule has 1 aliphatic carbocycles. The van der Waals surface area contributed by atoms with Crippen LogP contribution in [0.15, 0.2) is 18.2 Å². The minimum absolute atomic E-state index is 0.384. The lowest BCUT2D eigenvalue weighted by Crippen LogP contribution is -2.20. The highest BCUT2D eigenvalue weighted by atomic mass is 14.5. The van der Waals surface area contributed by atoms with Gasteiger partial charge in [0.05, 0.1) is 0 Å². The Hall–Kier alpha value is -0.820. The highest BCUT2D eigenvalue weighted by Gasteiger charge is 2.37. The smallest absolute Gasteiger partial charge is 0.00712 e. The van der Waals surface area contributed by atoms with Crippen molar-refractivity contribution in [3.8, 4) is 0 Å². The first kappa shape index (κ1) is 10.7. The fourth-order valence-corrected chi connectivity index (χ4v) is 2.98. The predicted molar refractivity (Wildman–Crippen MR) is 65.1 cm³/mol. The monoisotopic (exact) mass is 203 g/mol. The Balaban J connectivity index is 2.40. The largest absolute Gasteiger partial charge is 0.330 e. The number of benzene rings is 1. The van der Waals surface area contributed by atoms with Gasteiger partial charge in [-0.2, -0.15) is 0 Å². The molecule has 15 heavy (non-hydrogen) atoms. The fraction of sp³-hybridized carbons (Fsp3) is 0.571. The van der Waals surface area contributed by atoms with E-state index in [-0.39, 0.29) is 0 Å². The number of aryl methyl sites for hydroxylation is 1. The van der Waals surface area contributed by atoms with Crippen molar-refractivity contribution >= 4 is 0 Å². The van der Waals surface area contributed by atoms with Gasteiger partial charge in [-0.1, -0.05) is 37.6 Å². The predicted octanol–water partition coefficient (Wildman–Crippen LogP) is 3.01. The van der Waals surface area contributed by atoms with Crippen LogP contribution in [0.2, 0.25) is 0 Å². The van der Waals surface area contributed by atoms with Crippen molar-refractivity contribution in [1.82, 2.24) is 0 Å². The lowest BCUT2D eigenvalue weighted by atomic mass is 9.78. The SMILES string of the molecule is Cc1ccc2c(c1)CC(C)(C)C2CCN. The van der Waals surface area contributed by atoms with Crippen LogP contribution in [0.4, 0.5) is 0 Å². The van der Waals surface area contributed by atoms with Crippen LogP contribution < -0.4 is 5.73 Å². The molecule has 2 N–H and O–H groups in total. The van der Waals surface area contributed by atoms with E-state index in [0.717, 1.165) is 13.0 Å². The van der Waals surface area contributed by atoms with E-state index in [1.165, 1.54) is 17.5 Å². The third-order valence-electron chi connectivity index (χ3n) is 3.72. The van der Waals surface area contributed by atoms with Gasteiger partial charge in [0.25, 0.3) is 0 Å². The zero-order valence-electron chi connectivity index (χ0n) is 10.0. The zero-order chi connectivity index (χ0) is 11.1. The van der Waals surface area contributed by atoms with E-state index in [4.69, 9.17) is 5.73 Å². The molecule has 1 nitrogen and oxygen atoms in total. The van der Waals surface area contributed by atoms with Crippen molar-refractivity contribution in [3.05, 3.63) is 34.9 Å². The average molecular weight is 203 g/mol. The molecular formula is C14H21N. The minimum atomic E-state index is 0.384. The van der Waals surface area contributed by atoms with Gasteiger partial charge in [-0.05, 0) is 48.8 Å². The second-order valence-electron chi connectivity index (χ2n) is 5.50. The van der Waals surface area contributed by atoms with Crippen LogP contribution in [-0.4, -0.2) is 6.54 Å². The quantitative estimate of drug-likeness (QED) is 0.785. The van der Waals surface area contributed by atoms with E-state index in [2.05, 4.69) is 39.0 Å². The molecule has 1 unspecified atom stereocenters. The van der Waals surface area contributed by atoms with Crippen LogP contribution in [0.25, 0.3) is 0 Å². The van der Waals surface area contributed by atoms with Gasteiger partial charge in [-0.3, -0.25) is 0 Å². The second-order valence-corrected chi connectivity index (χ2v) is 5.50. The van der Waals surface area contributed by atoms with E-state index < -0.39 is 0 Å². The van der Waals surface area contributed by atoms with Crippen LogP contribution in [0.3, 0.4) is 0 Å². The Morgan fingerprint density at radius 3 is 2.80 bits per heavy atom. The first-order valence-electron chi connectivity index (χ1n) is 5.84. The van der Waals surface area contributed by atoms with Gasteiger partial charge >= 0.3 is 0 Å². The van der Waals surface area contributed by atoms with Gasteiger partial charge in [0, 0.05) is 0 Å². The third-order valence-corrected chi connectivity index (χ3v) is 3.72. The molecule has 1 heteroatoms. The molecule has 1 aromatic carbocycles. The molecular weight excluding hydrogens is 182 g/mol. The summed E-state index contributed by atoms with van der Waals surface area (Å²) in [6.07, 6.45) is 2.32. The summed E-state index contributed by atoms with van der Waals surface area (Å²) in [6, 6.07) is 6.87.